The van der Waals surface area contributed by atoms with E-state index in [4.69, 9.17) is 4.74 Å². The highest BCUT2D eigenvalue weighted by Crippen LogP contribution is 2.25. The number of esters is 1. The minimum absolute atomic E-state index is 0.144. The van der Waals surface area contributed by atoms with Gasteiger partial charge >= 0.3 is 12.1 Å². The Kier molecular flexibility index (Phi) is 5.61. The van der Waals surface area contributed by atoms with Crippen LogP contribution in [0.4, 0.5) is 13.2 Å². The zero-order chi connectivity index (χ0) is 14.5. The Morgan fingerprint density at radius 1 is 1.37 bits per heavy atom. The minimum Gasteiger partial charge on any atom is -0.465 e. The zero-order valence-electron chi connectivity index (χ0n) is 11.2. The van der Waals surface area contributed by atoms with Crippen LogP contribution in [0.3, 0.4) is 0 Å². The third kappa shape index (κ3) is 6.24. The van der Waals surface area contributed by atoms with E-state index in [0.29, 0.717) is 0 Å². The van der Waals surface area contributed by atoms with Gasteiger partial charge < -0.3 is 9.47 Å². The third-order valence-corrected chi connectivity index (χ3v) is 2.84. The van der Waals surface area contributed by atoms with Crippen molar-refractivity contribution < 1.29 is 27.4 Å². The summed E-state index contributed by atoms with van der Waals surface area (Å²) in [7, 11) is 0. The van der Waals surface area contributed by atoms with Gasteiger partial charge in [0.15, 0.2) is 0 Å². The molecule has 0 saturated heterocycles. The number of carbonyl (C=O) groups is 1. The number of carbonyl (C=O) groups excluding carboxylic acids is 1. The molecule has 0 bridgehead atoms. The molecule has 0 amide bonds. The first kappa shape index (κ1) is 16.2. The molecular formula is C12H20F3NO3. The van der Waals surface area contributed by atoms with Crippen molar-refractivity contribution in [2.75, 3.05) is 19.8 Å². The quantitative estimate of drug-likeness (QED) is 0.547. The smallest absolute Gasteiger partial charge is 0.411 e. The fourth-order valence-corrected chi connectivity index (χ4v) is 1.67. The lowest BCUT2D eigenvalue weighted by Crippen LogP contribution is -2.52. The first-order chi connectivity index (χ1) is 8.77. The molecule has 1 unspecified atom stereocenters. The summed E-state index contributed by atoms with van der Waals surface area (Å²) in [5.41, 5.74) is -0.983. The summed E-state index contributed by atoms with van der Waals surface area (Å²) in [6.07, 6.45) is -2.25. The van der Waals surface area contributed by atoms with Crippen molar-refractivity contribution in [1.29, 1.82) is 0 Å². The maximum Gasteiger partial charge on any atom is 0.411 e. The number of alkyl halides is 3. The van der Waals surface area contributed by atoms with E-state index in [1.165, 1.54) is 0 Å². The Bertz CT molecular complexity index is 305. The molecule has 0 aromatic heterocycles. The van der Waals surface area contributed by atoms with Gasteiger partial charge in [-0.1, -0.05) is 0 Å². The maximum atomic E-state index is 11.9. The number of halogens is 3. The van der Waals surface area contributed by atoms with E-state index in [-0.39, 0.29) is 25.7 Å². The average Bonchev–Trinajstić information content (AvgIpc) is 3.07. The molecule has 1 atom stereocenters. The van der Waals surface area contributed by atoms with Crippen LogP contribution in [0.15, 0.2) is 0 Å². The Morgan fingerprint density at radius 2 is 2.00 bits per heavy atom. The van der Waals surface area contributed by atoms with Gasteiger partial charge in [0.1, 0.15) is 12.1 Å². The Balaban J connectivity index is 2.42. The molecule has 4 nitrogen and oxygen atoms in total. The van der Waals surface area contributed by atoms with Crippen LogP contribution in [0.2, 0.25) is 0 Å². The van der Waals surface area contributed by atoms with E-state index in [2.05, 4.69) is 10.1 Å². The van der Waals surface area contributed by atoms with E-state index < -0.39 is 24.3 Å². The van der Waals surface area contributed by atoms with Crippen molar-refractivity contribution >= 4 is 5.97 Å². The predicted octanol–water partition coefficient (Wildman–Crippen LogP) is 2.03. The van der Waals surface area contributed by atoms with Gasteiger partial charge in [-0.25, -0.2) is 0 Å². The molecule has 0 heterocycles. The number of hydrogen-bond donors (Lipinski definition) is 1. The van der Waals surface area contributed by atoms with Gasteiger partial charge in [-0.3, -0.25) is 10.1 Å². The second-order valence-electron chi connectivity index (χ2n) is 4.89. The van der Waals surface area contributed by atoms with Gasteiger partial charge in [0.05, 0.1) is 6.61 Å². The van der Waals surface area contributed by atoms with Crippen molar-refractivity contribution in [1.82, 2.24) is 5.32 Å². The molecule has 1 aliphatic rings. The van der Waals surface area contributed by atoms with Crippen LogP contribution in [0, 0.1) is 0 Å². The third-order valence-electron chi connectivity index (χ3n) is 2.84. The molecule has 1 rings (SSSR count). The molecule has 0 spiro atoms. The van der Waals surface area contributed by atoms with Gasteiger partial charge in [-0.05, 0) is 33.1 Å². The van der Waals surface area contributed by atoms with Crippen molar-refractivity contribution in [3.05, 3.63) is 0 Å². The van der Waals surface area contributed by atoms with E-state index in [0.717, 1.165) is 12.8 Å². The second kappa shape index (κ2) is 6.56. The molecule has 1 aliphatic carbocycles. The number of nitrogens with one attached hydrogen (secondary N) is 1. The number of rotatable bonds is 8. The van der Waals surface area contributed by atoms with Crippen LogP contribution in [0.1, 0.15) is 33.1 Å². The first-order valence-electron chi connectivity index (χ1n) is 6.36. The number of hydrogen-bond acceptors (Lipinski definition) is 4. The minimum atomic E-state index is -4.34. The van der Waals surface area contributed by atoms with Gasteiger partial charge in [-0.15, -0.1) is 0 Å². The Labute approximate surface area is 110 Å². The van der Waals surface area contributed by atoms with E-state index in [9.17, 15) is 18.0 Å². The lowest BCUT2D eigenvalue weighted by molar-refractivity contribution is -0.175. The van der Waals surface area contributed by atoms with Gasteiger partial charge in [0.2, 0.25) is 0 Å². The monoisotopic (exact) mass is 283 g/mol. The summed E-state index contributed by atoms with van der Waals surface area (Å²) >= 11 is 0. The number of ether oxygens (including phenoxy) is 2. The molecule has 19 heavy (non-hydrogen) atoms. The summed E-state index contributed by atoms with van der Waals surface area (Å²) in [6.45, 7) is 2.13. The highest BCUT2D eigenvalue weighted by atomic mass is 19.4. The maximum absolute atomic E-state index is 11.9. The predicted molar refractivity (Wildman–Crippen MR) is 62.7 cm³/mol. The lowest BCUT2D eigenvalue weighted by atomic mass is 9.98. The Morgan fingerprint density at radius 3 is 2.47 bits per heavy atom. The summed E-state index contributed by atoms with van der Waals surface area (Å²) in [6, 6.07) is 0.247. The molecule has 0 aliphatic heterocycles. The van der Waals surface area contributed by atoms with Crippen molar-refractivity contribution in [2.45, 2.75) is 50.9 Å². The molecule has 0 aromatic rings. The lowest BCUT2D eigenvalue weighted by Gasteiger charge is -2.28. The molecule has 112 valence electrons. The van der Waals surface area contributed by atoms with Crippen LogP contribution < -0.4 is 5.32 Å². The fraction of sp³-hybridized carbons (Fsp3) is 0.917. The fourth-order valence-electron chi connectivity index (χ4n) is 1.67. The van der Waals surface area contributed by atoms with E-state index >= 15 is 0 Å². The van der Waals surface area contributed by atoms with Crippen molar-refractivity contribution in [3.63, 3.8) is 0 Å². The molecule has 0 aromatic carbocycles. The summed E-state index contributed by atoms with van der Waals surface area (Å²) in [5.74, 6) is -0.447. The van der Waals surface area contributed by atoms with Crippen LogP contribution in [0.5, 0.6) is 0 Å². The topological polar surface area (TPSA) is 47.6 Å². The van der Waals surface area contributed by atoms with Crippen LogP contribution in [-0.2, 0) is 14.3 Å². The molecule has 0 radical (unpaired) electrons. The summed E-state index contributed by atoms with van der Waals surface area (Å²) < 4.78 is 45.3. The normalized spacial score (nSPS) is 19.0. The first-order valence-corrected chi connectivity index (χ1v) is 6.36. The van der Waals surface area contributed by atoms with Gasteiger partial charge in [0.25, 0.3) is 0 Å². The van der Waals surface area contributed by atoms with E-state index in [1.807, 2.05) is 0 Å². The molecular weight excluding hydrogens is 263 g/mol. The Hall–Kier alpha value is -0.820. The molecule has 7 heteroatoms. The van der Waals surface area contributed by atoms with Crippen LogP contribution >= 0.6 is 0 Å². The van der Waals surface area contributed by atoms with Crippen molar-refractivity contribution in [2.24, 2.45) is 0 Å². The average molecular weight is 283 g/mol. The second-order valence-corrected chi connectivity index (χ2v) is 4.89. The SMILES string of the molecule is CCOC(=O)C(C)(CCOCC(F)(F)F)NC1CC1. The highest BCUT2D eigenvalue weighted by molar-refractivity contribution is 5.80. The van der Waals surface area contributed by atoms with E-state index in [1.54, 1.807) is 13.8 Å². The highest BCUT2D eigenvalue weighted by Gasteiger charge is 2.39. The van der Waals surface area contributed by atoms with Crippen molar-refractivity contribution in [3.8, 4) is 0 Å². The summed E-state index contributed by atoms with van der Waals surface area (Å²) in [5, 5.41) is 3.11. The van der Waals surface area contributed by atoms with Crippen LogP contribution in [0.25, 0.3) is 0 Å². The van der Waals surface area contributed by atoms with Gasteiger partial charge in [0, 0.05) is 12.6 Å². The summed E-state index contributed by atoms with van der Waals surface area (Å²) in [4.78, 5) is 11.9. The van der Waals surface area contributed by atoms with Crippen LogP contribution in [-0.4, -0.2) is 43.5 Å². The zero-order valence-corrected chi connectivity index (χ0v) is 11.2. The molecule has 1 fully saturated rings. The standard InChI is InChI=1S/C12H20F3NO3/c1-3-19-10(17)11(2,16-9-4-5-9)6-7-18-8-12(13,14)15/h9,16H,3-8H2,1-2H3. The molecule has 1 N–H and O–H groups in total. The largest absolute Gasteiger partial charge is 0.465 e. The van der Waals surface area contributed by atoms with Gasteiger partial charge in [-0.2, -0.15) is 13.2 Å². The molecule has 1 saturated carbocycles.